The minimum Gasteiger partial charge on any atom is -0.472 e. The lowest BCUT2D eigenvalue weighted by Crippen LogP contribution is -2.33. The number of thiazole rings is 1. The van der Waals surface area contributed by atoms with E-state index in [2.05, 4.69) is 18.8 Å². The molecule has 0 aliphatic rings. The van der Waals surface area contributed by atoms with Crippen LogP contribution in [0.25, 0.3) is 0 Å². The Kier molecular flexibility index (Phi) is 4.15. The molecule has 0 aromatic carbocycles. The average Bonchev–Trinajstić information content (AvgIpc) is 2.99. The molecular formula is C13H16N2O2S. The van der Waals surface area contributed by atoms with Crippen molar-refractivity contribution < 1.29 is 9.21 Å². The highest BCUT2D eigenvalue weighted by Gasteiger charge is 2.19. The largest absolute Gasteiger partial charge is 0.472 e. The van der Waals surface area contributed by atoms with E-state index in [4.69, 9.17) is 4.42 Å². The molecule has 18 heavy (non-hydrogen) atoms. The first-order valence-electron chi connectivity index (χ1n) is 5.86. The van der Waals surface area contributed by atoms with E-state index in [0.717, 1.165) is 5.01 Å². The zero-order valence-electron chi connectivity index (χ0n) is 10.5. The minimum atomic E-state index is -0.00681. The lowest BCUT2D eigenvalue weighted by Gasteiger charge is -2.23. The molecule has 0 radical (unpaired) electrons. The van der Waals surface area contributed by atoms with E-state index in [1.54, 1.807) is 23.6 Å². The topological polar surface area (TPSA) is 46.3 Å². The second-order valence-electron chi connectivity index (χ2n) is 4.52. The van der Waals surface area contributed by atoms with Gasteiger partial charge in [-0.05, 0) is 12.0 Å². The quantitative estimate of drug-likeness (QED) is 0.834. The highest BCUT2D eigenvalue weighted by atomic mass is 32.1. The second-order valence-corrected chi connectivity index (χ2v) is 5.50. The number of amides is 1. The summed E-state index contributed by atoms with van der Waals surface area (Å²) in [6.07, 6.45) is 4.76. The maximum atomic E-state index is 12.3. The fraction of sp³-hybridized carbons (Fsp3) is 0.385. The third kappa shape index (κ3) is 3.20. The van der Waals surface area contributed by atoms with E-state index in [0.29, 0.717) is 24.6 Å². The summed E-state index contributed by atoms with van der Waals surface area (Å²) in [7, 11) is 0. The first-order chi connectivity index (χ1) is 8.66. The van der Waals surface area contributed by atoms with Gasteiger partial charge in [0, 0.05) is 18.1 Å². The zero-order chi connectivity index (χ0) is 13.0. The van der Waals surface area contributed by atoms with Crippen LogP contribution in [0.1, 0.15) is 29.2 Å². The Morgan fingerprint density at radius 3 is 2.94 bits per heavy atom. The summed E-state index contributed by atoms with van der Waals surface area (Å²) in [5.74, 6) is 0.411. The number of hydrogen-bond donors (Lipinski definition) is 0. The van der Waals surface area contributed by atoms with Crippen LogP contribution in [0.3, 0.4) is 0 Å². The molecule has 96 valence electrons. The monoisotopic (exact) mass is 264 g/mol. The van der Waals surface area contributed by atoms with E-state index < -0.39 is 0 Å². The van der Waals surface area contributed by atoms with Gasteiger partial charge in [-0.25, -0.2) is 4.98 Å². The first kappa shape index (κ1) is 12.8. The number of hydrogen-bond acceptors (Lipinski definition) is 4. The van der Waals surface area contributed by atoms with E-state index in [1.165, 1.54) is 12.5 Å². The molecule has 0 aliphatic carbocycles. The molecule has 0 aliphatic heterocycles. The van der Waals surface area contributed by atoms with E-state index in [9.17, 15) is 4.79 Å². The Labute approximate surface area is 110 Å². The van der Waals surface area contributed by atoms with Crippen molar-refractivity contribution >= 4 is 17.2 Å². The van der Waals surface area contributed by atoms with Gasteiger partial charge in [0.05, 0.1) is 18.4 Å². The lowest BCUT2D eigenvalue weighted by atomic mass is 10.2. The van der Waals surface area contributed by atoms with Crippen molar-refractivity contribution in [1.29, 1.82) is 0 Å². The summed E-state index contributed by atoms with van der Waals surface area (Å²) >= 11 is 1.56. The normalized spacial score (nSPS) is 10.8. The van der Waals surface area contributed by atoms with Crippen molar-refractivity contribution in [2.45, 2.75) is 20.4 Å². The van der Waals surface area contributed by atoms with Crippen LogP contribution in [0.2, 0.25) is 0 Å². The van der Waals surface area contributed by atoms with Gasteiger partial charge < -0.3 is 9.32 Å². The standard InChI is InChI=1S/C13H16N2O2S/c1-10(2)7-15(8-12-14-4-6-18-12)13(16)11-3-5-17-9-11/h3-6,9-10H,7-8H2,1-2H3. The van der Waals surface area contributed by atoms with Gasteiger partial charge in [0.1, 0.15) is 11.3 Å². The summed E-state index contributed by atoms with van der Waals surface area (Å²) in [6, 6.07) is 1.69. The summed E-state index contributed by atoms with van der Waals surface area (Å²) in [5, 5.41) is 2.87. The highest BCUT2D eigenvalue weighted by Crippen LogP contribution is 2.14. The summed E-state index contributed by atoms with van der Waals surface area (Å²) in [4.78, 5) is 18.4. The molecule has 1 amide bonds. The molecule has 4 nitrogen and oxygen atoms in total. The van der Waals surface area contributed by atoms with Crippen LogP contribution in [0.15, 0.2) is 34.6 Å². The number of carbonyl (C=O) groups is 1. The summed E-state index contributed by atoms with van der Waals surface area (Å²) < 4.78 is 4.97. The van der Waals surface area contributed by atoms with Crippen molar-refractivity contribution in [2.24, 2.45) is 5.92 Å². The van der Waals surface area contributed by atoms with Gasteiger partial charge in [-0.15, -0.1) is 11.3 Å². The molecule has 2 heterocycles. The second kappa shape index (κ2) is 5.82. The van der Waals surface area contributed by atoms with Gasteiger partial charge in [-0.2, -0.15) is 0 Å². The molecule has 2 aromatic heterocycles. The van der Waals surface area contributed by atoms with Crippen LogP contribution in [0.4, 0.5) is 0 Å². The van der Waals surface area contributed by atoms with E-state index >= 15 is 0 Å². The molecule has 0 saturated carbocycles. The van der Waals surface area contributed by atoms with E-state index in [1.807, 2.05) is 10.3 Å². The molecule has 0 spiro atoms. The summed E-state index contributed by atoms with van der Waals surface area (Å²) in [6.45, 7) is 5.46. The molecule has 2 aromatic rings. The third-order valence-electron chi connectivity index (χ3n) is 2.45. The number of aromatic nitrogens is 1. The van der Waals surface area contributed by atoms with Crippen LogP contribution < -0.4 is 0 Å². The number of furan rings is 1. The van der Waals surface area contributed by atoms with Gasteiger partial charge in [0.25, 0.3) is 5.91 Å². The zero-order valence-corrected chi connectivity index (χ0v) is 11.3. The van der Waals surface area contributed by atoms with Gasteiger partial charge in [0.15, 0.2) is 0 Å². The van der Waals surface area contributed by atoms with Crippen molar-refractivity contribution in [3.63, 3.8) is 0 Å². The molecular weight excluding hydrogens is 248 g/mol. The fourth-order valence-corrected chi connectivity index (χ4v) is 2.35. The molecule has 0 unspecified atom stereocenters. The molecule has 0 saturated heterocycles. The van der Waals surface area contributed by atoms with Crippen molar-refractivity contribution in [2.75, 3.05) is 6.54 Å². The number of nitrogens with zero attached hydrogens (tertiary/aromatic N) is 2. The number of carbonyl (C=O) groups excluding carboxylic acids is 1. The van der Waals surface area contributed by atoms with Gasteiger partial charge in [-0.1, -0.05) is 13.8 Å². The molecule has 0 bridgehead atoms. The Bertz CT molecular complexity index is 477. The Hall–Kier alpha value is -1.62. The van der Waals surface area contributed by atoms with Crippen LogP contribution in [-0.4, -0.2) is 22.3 Å². The predicted octanol–water partition coefficient (Wildman–Crippen LogP) is 3.03. The van der Waals surface area contributed by atoms with Crippen molar-refractivity contribution in [3.05, 3.63) is 40.7 Å². The average molecular weight is 264 g/mol. The first-order valence-corrected chi connectivity index (χ1v) is 6.74. The van der Waals surface area contributed by atoms with Gasteiger partial charge in [0.2, 0.25) is 0 Å². The number of rotatable bonds is 5. The van der Waals surface area contributed by atoms with Crippen LogP contribution in [0, 0.1) is 5.92 Å². The van der Waals surface area contributed by atoms with E-state index in [-0.39, 0.29) is 5.91 Å². The Balaban J connectivity index is 2.12. The smallest absolute Gasteiger partial charge is 0.257 e. The minimum absolute atomic E-state index is 0.00681. The van der Waals surface area contributed by atoms with Crippen LogP contribution in [-0.2, 0) is 6.54 Å². The maximum absolute atomic E-state index is 12.3. The maximum Gasteiger partial charge on any atom is 0.257 e. The van der Waals surface area contributed by atoms with Gasteiger partial charge >= 0.3 is 0 Å². The fourth-order valence-electron chi connectivity index (χ4n) is 1.72. The van der Waals surface area contributed by atoms with Crippen molar-refractivity contribution in [1.82, 2.24) is 9.88 Å². The molecule has 0 atom stereocenters. The third-order valence-corrected chi connectivity index (χ3v) is 3.21. The lowest BCUT2D eigenvalue weighted by molar-refractivity contribution is 0.0722. The highest BCUT2D eigenvalue weighted by molar-refractivity contribution is 7.09. The Morgan fingerprint density at radius 2 is 2.39 bits per heavy atom. The molecule has 0 N–H and O–H groups in total. The summed E-state index contributed by atoms with van der Waals surface area (Å²) in [5.41, 5.74) is 0.590. The van der Waals surface area contributed by atoms with Crippen LogP contribution in [0.5, 0.6) is 0 Å². The van der Waals surface area contributed by atoms with Gasteiger partial charge in [-0.3, -0.25) is 4.79 Å². The SMILES string of the molecule is CC(C)CN(Cc1nccs1)C(=O)c1ccoc1. The van der Waals surface area contributed by atoms with Crippen LogP contribution >= 0.6 is 11.3 Å². The predicted molar refractivity (Wildman–Crippen MR) is 70.4 cm³/mol. The Morgan fingerprint density at radius 1 is 1.56 bits per heavy atom. The molecule has 2 rings (SSSR count). The molecule has 0 fully saturated rings. The van der Waals surface area contributed by atoms with Crippen molar-refractivity contribution in [3.8, 4) is 0 Å². The molecule has 5 heteroatoms.